The highest BCUT2D eigenvalue weighted by atomic mass is 32.1. The highest BCUT2D eigenvalue weighted by molar-refractivity contribution is 7.81. The fourth-order valence-corrected chi connectivity index (χ4v) is 2.22. The number of quaternary nitrogens is 1. The summed E-state index contributed by atoms with van der Waals surface area (Å²) >= 11 is 3.85. The van der Waals surface area contributed by atoms with Gasteiger partial charge in [-0.15, -0.1) is 0 Å². The highest BCUT2D eigenvalue weighted by Crippen LogP contribution is 2.27. The zero-order valence-corrected chi connectivity index (χ0v) is 8.46. The van der Waals surface area contributed by atoms with Gasteiger partial charge >= 0.3 is 12.0 Å². The van der Waals surface area contributed by atoms with Crippen molar-refractivity contribution >= 4 is 24.6 Å². The molecule has 13 heavy (non-hydrogen) atoms. The second-order valence-electron chi connectivity index (χ2n) is 3.42. The van der Waals surface area contributed by atoms with Gasteiger partial charge in [-0.25, -0.2) is 4.79 Å². The lowest BCUT2D eigenvalue weighted by molar-refractivity contribution is -0.791. The Labute approximate surface area is 82.5 Å². The maximum absolute atomic E-state index is 11.5. The molecule has 2 amide bonds. The average molecular weight is 204 g/mol. The maximum atomic E-state index is 11.5. The average Bonchev–Trinajstić information content (AvgIpc) is 2.47. The van der Waals surface area contributed by atoms with E-state index in [2.05, 4.69) is 12.6 Å². The van der Waals surface area contributed by atoms with Crippen molar-refractivity contribution in [2.45, 2.75) is 25.8 Å². The summed E-state index contributed by atoms with van der Waals surface area (Å²) < 4.78 is -0.427. The van der Waals surface area contributed by atoms with E-state index >= 15 is 0 Å². The van der Waals surface area contributed by atoms with Crippen molar-refractivity contribution in [1.82, 2.24) is 0 Å². The Balaban J connectivity index is 3.00. The molecule has 0 spiro atoms. The second kappa shape index (κ2) is 3.67. The fraction of sp³-hybridized carbons (Fsp3) is 0.750. The summed E-state index contributed by atoms with van der Waals surface area (Å²) in [5.41, 5.74) is 0. The van der Waals surface area contributed by atoms with Gasteiger partial charge in [0.05, 0.1) is 6.54 Å². The van der Waals surface area contributed by atoms with Gasteiger partial charge in [0.25, 0.3) is 0 Å². The van der Waals surface area contributed by atoms with E-state index in [0.29, 0.717) is 6.54 Å². The Hall–Kier alpha value is -0.550. The number of carboxylic acid groups (broad SMARTS) is 1. The first-order valence-corrected chi connectivity index (χ1v) is 4.94. The van der Waals surface area contributed by atoms with Crippen LogP contribution in [-0.4, -0.2) is 39.9 Å². The van der Waals surface area contributed by atoms with Crippen molar-refractivity contribution in [1.29, 1.82) is 0 Å². The second-order valence-corrected chi connectivity index (χ2v) is 3.73. The predicted octanol–water partition coefficient (Wildman–Crippen LogP) is 1.12. The summed E-state index contributed by atoms with van der Waals surface area (Å²) in [6, 6.07) is -0.114. The molecule has 0 bridgehead atoms. The Morgan fingerprint density at radius 1 is 1.62 bits per heavy atom. The maximum Gasteiger partial charge on any atom is 0.521 e. The Morgan fingerprint density at radius 2 is 2.23 bits per heavy atom. The number of likely N-dealkylation sites (tertiary alicyclic amines) is 1. The van der Waals surface area contributed by atoms with Gasteiger partial charge in [-0.1, -0.05) is 0 Å². The first kappa shape index (κ1) is 10.5. The van der Waals surface area contributed by atoms with Crippen LogP contribution in [0.15, 0.2) is 0 Å². The van der Waals surface area contributed by atoms with Crippen molar-refractivity contribution < 1.29 is 19.2 Å². The van der Waals surface area contributed by atoms with Crippen LogP contribution in [-0.2, 0) is 4.79 Å². The first-order chi connectivity index (χ1) is 6.05. The topological polar surface area (TPSA) is 54.4 Å². The van der Waals surface area contributed by atoms with Crippen LogP contribution in [0.5, 0.6) is 0 Å². The van der Waals surface area contributed by atoms with Crippen LogP contribution in [0.3, 0.4) is 0 Å². The number of hydrogen-bond acceptors (Lipinski definition) is 3. The molecule has 1 unspecified atom stereocenters. The number of nitrogens with zero attached hydrogens (tertiary/aromatic N) is 1. The van der Waals surface area contributed by atoms with E-state index in [-0.39, 0.29) is 17.7 Å². The van der Waals surface area contributed by atoms with Crippen LogP contribution < -0.4 is 0 Å². The largest absolute Gasteiger partial charge is 0.521 e. The molecular weight excluding hydrogens is 190 g/mol. The number of carbonyl (C=O) groups is 2. The molecule has 0 aromatic carbocycles. The van der Waals surface area contributed by atoms with Gasteiger partial charge in [-0.2, -0.15) is 21.9 Å². The molecule has 1 aliphatic rings. The number of hydrogen-bond donors (Lipinski definition) is 2. The number of carbonyl (C=O) groups excluding carboxylic acids is 1. The molecule has 0 aromatic rings. The van der Waals surface area contributed by atoms with Crippen molar-refractivity contribution in [3.05, 3.63) is 0 Å². The van der Waals surface area contributed by atoms with Crippen LogP contribution in [0.4, 0.5) is 4.79 Å². The first-order valence-electron chi connectivity index (χ1n) is 4.31. The Morgan fingerprint density at radius 3 is 2.54 bits per heavy atom. The van der Waals surface area contributed by atoms with Gasteiger partial charge in [0, 0.05) is 12.8 Å². The summed E-state index contributed by atoms with van der Waals surface area (Å²) in [6.07, 6.45) is 0.558. The predicted molar refractivity (Wildman–Crippen MR) is 50.7 cm³/mol. The normalized spacial score (nSPS) is 33.2. The summed E-state index contributed by atoms with van der Waals surface area (Å²) in [5.74, 6) is -0.308. The minimum atomic E-state index is -1.04. The lowest BCUT2D eigenvalue weighted by Gasteiger charge is -2.28. The molecule has 1 heterocycles. The van der Waals surface area contributed by atoms with Crippen molar-refractivity contribution in [3.63, 3.8) is 0 Å². The smallest absolute Gasteiger partial charge is 0.435 e. The van der Waals surface area contributed by atoms with Crippen molar-refractivity contribution in [2.24, 2.45) is 0 Å². The van der Waals surface area contributed by atoms with E-state index in [9.17, 15) is 9.59 Å². The number of imide groups is 1. The molecule has 4 nitrogen and oxygen atoms in total. The molecule has 1 rings (SSSR count). The molecule has 0 aromatic heterocycles. The lowest BCUT2D eigenvalue weighted by atomic mass is 10.2. The lowest BCUT2D eigenvalue weighted by Crippen LogP contribution is -2.59. The Bertz CT molecular complexity index is 244. The molecule has 2 atom stereocenters. The number of amides is 2. The third-order valence-electron chi connectivity index (χ3n) is 2.81. The quantitative estimate of drug-likeness (QED) is 0.497. The van der Waals surface area contributed by atoms with Crippen LogP contribution in [0.2, 0.25) is 0 Å². The van der Waals surface area contributed by atoms with Gasteiger partial charge in [0.1, 0.15) is 11.8 Å². The summed E-state index contributed by atoms with van der Waals surface area (Å²) in [5, 5.41) is 9.05. The van der Waals surface area contributed by atoms with Crippen LogP contribution in [0.25, 0.3) is 0 Å². The minimum Gasteiger partial charge on any atom is -0.435 e. The molecule has 1 N–H and O–H groups in total. The molecule has 1 saturated heterocycles. The van der Waals surface area contributed by atoms with Gasteiger partial charge in [-0.3, -0.25) is 0 Å². The van der Waals surface area contributed by atoms with Crippen LogP contribution in [0.1, 0.15) is 19.8 Å². The SMILES string of the molecule is C[C@@H]1CCC[N+]1(C(=O)O)C(=O)CS. The summed E-state index contributed by atoms with van der Waals surface area (Å²) in [7, 11) is 0. The van der Waals surface area contributed by atoms with Gasteiger partial charge in [-0.05, 0) is 6.92 Å². The molecule has 0 saturated carbocycles. The number of rotatable bonds is 1. The van der Waals surface area contributed by atoms with E-state index in [1.807, 2.05) is 6.92 Å². The van der Waals surface area contributed by atoms with E-state index < -0.39 is 10.6 Å². The molecule has 0 radical (unpaired) electrons. The van der Waals surface area contributed by atoms with Crippen LogP contribution >= 0.6 is 12.6 Å². The van der Waals surface area contributed by atoms with E-state index in [4.69, 9.17) is 5.11 Å². The fourth-order valence-electron chi connectivity index (χ4n) is 1.96. The zero-order valence-electron chi connectivity index (χ0n) is 7.56. The standard InChI is InChI=1S/C8H13NO3S/c1-6-3-2-4-9(6,8(11)12)7(10)5-13/h6H,2-5H2,1H3,(H-,11,12,13)/p+1/t6-,9?/m1/s1. The molecule has 0 aliphatic carbocycles. The number of thiol groups is 1. The van der Waals surface area contributed by atoms with Crippen molar-refractivity contribution in [2.75, 3.05) is 12.3 Å². The van der Waals surface area contributed by atoms with Gasteiger partial charge in [0.15, 0.2) is 0 Å². The van der Waals surface area contributed by atoms with Crippen molar-refractivity contribution in [3.8, 4) is 0 Å². The van der Waals surface area contributed by atoms with Gasteiger partial charge < -0.3 is 5.11 Å². The monoisotopic (exact) mass is 204 g/mol. The molecule has 74 valence electrons. The van der Waals surface area contributed by atoms with E-state index in [1.54, 1.807) is 0 Å². The Kier molecular flexibility index (Phi) is 2.98. The van der Waals surface area contributed by atoms with E-state index in [1.165, 1.54) is 0 Å². The molecule has 1 aliphatic heterocycles. The third kappa shape index (κ3) is 1.46. The third-order valence-corrected chi connectivity index (χ3v) is 3.08. The highest BCUT2D eigenvalue weighted by Gasteiger charge is 2.51. The zero-order chi connectivity index (χ0) is 10.1. The molecule has 5 heteroatoms. The summed E-state index contributed by atoms with van der Waals surface area (Å²) in [6.45, 7) is 2.22. The van der Waals surface area contributed by atoms with Crippen LogP contribution in [0, 0.1) is 0 Å². The van der Waals surface area contributed by atoms with E-state index in [0.717, 1.165) is 12.8 Å². The molecular formula is C8H14NO3S+. The van der Waals surface area contributed by atoms with Gasteiger partial charge in [0.2, 0.25) is 0 Å². The minimum absolute atomic E-state index is 0.00333. The molecule has 1 fully saturated rings. The summed E-state index contributed by atoms with van der Waals surface area (Å²) in [4.78, 5) is 22.6.